The first-order valence-corrected chi connectivity index (χ1v) is 14.3. The van der Waals surface area contributed by atoms with Crippen molar-refractivity contribution in [1.82, 2.24) is 15.1 Å². The largest absolute Gasteiger partial charge is 0.497 e. The minimum atomic E-state index is -0.648. The number of amides is 3. The fourth-order valence-corrected chi connectivity index (χ4v) is 4.76. The predicted octanol–water partition coefficient (Wildman–Crippen LogP) is 3.90. The van der Waals surface area contributed by atoms with Crippen LogP contribution in [-0.2, 0) is 33.6 Å². The second kappa shape index (κ2) is 16.7. The zero-order valence-corrected chi connectivity index (χ0v) is 25.0. The Kier molecular flexibility index (Phi) is 13.1. The Morgan fingerprint density at radius 3 is 2.00 bits per heavy atom. The van der Waals surface area contributed by atoms with Crippen LogP contribution in [0.4, 0.5) is 4.39 Å². The van der Waals surface area contributed by atoms with Gasteiger partial charge in [0.2, 0.25) is 17.7 Å². The predicted molar refractivity (Wildman–Crippen MR) is 162 cm³/mol. The molecule has 0 aliphatic heterocycles. The SMILES string of the molecule is COc1ccc(CCN(CC(N)=O)C(=O)CN(CCc2ccc(F)cc2)C(=O)CNCCc2ccc(Cl)cc2Cl)cc1. The highest BCUT2D eigenvalue weighted by Gasteiger charge is 2.22. The lowest BCUT2D eigenvalue weighted by Crippen LogP contribution is -2.48. The number of rotatable bonds is 16. The maximum Gasteiger partial charge on any atom is 0.242 e. The second-order valence-corrected chi connectivity index (χ2v) is 10.6. The van der Waals surface area contributed by atoms with E-state index in [1.54, 1.807) is 31.4 Å². The fraction of sp³-hybridized carbons (Fsp3) is 0.323. The molecule has 0 atom stereocenters. The number of primary amides is 1. The molecule has 0 aromatic heterocycles. The smallest absolute Gasteiger partial charge is 0.242 e. The van der Waals surface area contributed by atoms with Gasteiger partial charge in [0.05, 0.1) is 26.7 Å². The van der Waals surface area contributed by atoms with Crippen molar-refractivity contribution in [3.63, 3.8) is 0 Å². The lowest BCUT2D eigenvalue weighted by Gasteiger charge is -2.27. The Bertz CT molecular complexity index is 1340. The lowest BCUT2D eigenvalue weighted by molar-refractivity contribution is -0.141. The molecule has 3 amide bonds. The molecule has 42 heavy (non-hydrogen) atoms. The van der Waals surface area contributed by atoms with E-state index in [9.17, 15) is 18.8 Å². The summed E-state index contributed by atoms with van der Waals surface area (Å²) in [6.45, 7) is 0.430. The van der Waals surface area contributed by atoms with Crippen LogP contribution in [0, 0.1) is 5.82 Å². The molecule has 224 valence electrons. The van der Waals surface area contributed by atoms with E-state index in [1.807, 2.05) is 30.3 Å². The van der Waals surface area contributed by atoms with Gasteiger partial charge in [-0.15, -0.1) is 0 Å². The number of nitrogens with one attached hydrogen (secondary N) is 1. The van der Waals surface area contributed by atoms with Crippen molar-refractivity contribution in [3.8, 4) is 5.75 Å². The Hall–Kier alpha value is -3.66. The third-order valence-electron chi connectivity index (χ3n) is 6.65. The van der Waals surface area contributed by atoms with Crippen LogP contribution in [0.1, 0.15) is 16.7 Å². The summed E-state index contributed by atoms with van der Waals surface area (Å²) in [5.41, 5.74) is 8.10. The van der Waals surface area contributed by atoms with Crippen LogP contribution in [0.2, 0.25) is 10.0 Å². The summed E-state index contributed by atoms with van der Waals surface area (Å²) >= 11 is 12.2. The number of methoxy groups -OCH3 is 1. The van der Waals surface area contributed by atoms with Crippen LogP contribution in [0.5, 0.6) is 5.75 Å². The topological polar surface area (TPSA) is 105 Å². The summed E-state index contributed by atoms with van der Waals surface area (Å²) < 4.78 is 18.6. The summed E-state index contributed by atoms with van der Waals surface area (Å²) in [5, 5.41) is 4.20. The van der Waals surface area contributed by atoms with E-state index in [-0.39, 0.29) is 44.4 Å². The molecule has 0 radical (unpaired) electrons. The Labute approximate surface area is 255 Å². The third-order valence-corrected chi connectivity index (χ3v) is 7.24. The molecule has 0 fully saturated rings. The Morgan fingerprint density at radius 1 is 0.833 bits per heavy atom. The molecular weight excluding hydrogens is 582 g/mol. The van der Waals surface area contributed by atoms with Crippen molar-refractivity contribution < 1.29 is 23.5 Å². The number of halogens is 3. The van der Waals surface area contributed by atoms with E-state index in [0.29, 0.717) is 41.6 Å². The average molecular weight is 618 g/mol. The molecule has 0 aliphatic carbocycles. The number of ether oxygens (including phenoxy) is 1. The van der Waals surface area contributed by atoms with Crippen LogP contribution >= 0.6 is 23.2 Å². The monoisotopic (exact) mass is 616 g/mol. The highest BCUT2D eigenvalue weighted by atomic mass is 35.5. The standard InChI is InChI=1S/C31H35Cl2FN4O4/c1-42-27-10-4-23(5-11-27)13-16-37(20-29(35)39)31(41)21-38(17-14-22-2-8-26(34)9-3-22)30(40)19-36-15-12-24-6-7-25(32)18-28(24)33/h2-11,18,36H,12-17,19-21H2,1H3,(H2,35,39). The van der Waals surface area contributed by atoms with Crippen molar-refractivity contribution in [2.45, 2.75) is 19.3 Å². The molecule has 3 rings (SSSR count). The minimum Gasteiger partial charge on any atom is -0.497 e. The van der Waals surface area contributed by atoms with Crippen molar-refractivity contribution in [1.29, 1.82) is 0 Å². The average Bonchev–Trinajstić information content (AvgIpc) is 2.97. The summed E-state index contributed by atoms with van der Waals surface area (Å²) in [6, 6.07) is 18.6. The normalized spacial score (nSPS) is 10.8. The number of hydrogen-bond donors (Lipinski definition) is 2. The van der Waals surface area contributed by atoms with E-state index in [1.165, 1.54) is 21.9 Å². The van der Waals surface area contributed by atoms with Gasteiger partial charge in [0.1, 0.15) is 11.6 Å². The summed E-state index contributed by atoms with van der Waals surface area (Å²) in [5.74, 6) is -0.982. The minimum absolute atomic E-state index is 0.0103. The highest BCUT2D eigenvalue weighted by Crippen LogP contribution is 2.21. The van der Waals surface area contributed by atoms with E-state index < -0.39 is 11.8 Å². The number of carbonyl (C=O) groups is 3. The van der Waals surface area contributed by atoms with Gasteiger partial charge in [-0.1, -0.05) is 53.5 Å². The molecule has 0 heterocycles. The molecule has 8 nitrogen and oxygen atoms in total. The Morgan fingerprint density at radius 2 is 1.43 bits per heavy atom. The van der Waals surface area contributed by atoms with Gasteiger partial charge < -0.3 is 25.6 Å². The summed E-state index contributed by atoms with van der Waals surface area (Å²) in [6.07, 6.45) is 1.48. The first kappa shape index (κ1) is 32.8. The molecule has 0 spiro atoms. The molecular formula is C31H35Cl2FN4O4. The van der Waals surface area contributed by atoms with Crippen molar-refractivity contribution in [2.24, 2.45) is 5.73 Å². The molecule has 0 saturated carbocycles. The fourth-order valence-electron chi connectivity index (χ4n) is 4.26. The van der Waals surface area contributed by atoms with Crippen molar-refractivity contribution >= 4 is 40.9 Å². The van der Waals surface area contributed by atoms with Gasteiger partial charge in [0.15, 0.2) is 0 Å². The van der Waals surface area contributed by atoms with Gasteiger partial charge in [-0.3, -0.25) is 14.4 Å². The molecule has 0 bridgehead atoms. The van der Waals surface area contributed by atoms with Gasteiger partial charge >= 0.3 is 0 Å². The van der Waals surface area contributed by atoms with E-state index >= 15 is 0 Å². The number of nitrogens with zero attached hydrogens (tertiary/aromatic N) is 2. The van der Waals surface area contributed by atoms with Gasteiger partial charge in [-0.25, -0.2) is 4.39 Å². The molecule has 3 aromatic rings. The zero-order valence-electron chi connectivity index (χ0n) is 23.5. The van der Waals surface area contributed by atoms with Gasteiger partial charge in [0, 0.05) is 23.1 Å². The molecule has 11 heteroatoms. The van der Waals surface area contributed by atoms with Crippen LogP contribution in [0.15, 0.2) is 66.7 Å². The number of hydrogen-bond acceptors (Lipinski definition) is 5. The second-order valence-electron chi connectivity index (χ2n) is 9.73. The van der Waals surface area contributed by atoms with Gasteiger partial charge in [-0.05, 0) is 78.9 Å². The maximum absolute atomic E-state index is 13.4. The van der Waals surface area contributed by atoms with Crippen LogP contribution in [0.25, 0.3) is 0 Å². The lowest BCUT2D eigenvalue weighted by atomic mass is 10.1. The number of nitrogens with two attached hydrogens (primary N) is 1. The number of benzene rings is 3. The molecule has 0 unspecified atom stereocenters. The summed E-state index contributed by atoms with van der Waals surface area (Å²) in [7, 11) is 1.58. The third kappa shape index (κ3) is 11.0. The van der Waals surface area contributed by atoms with E-state index in [2.05, 4.69) is 5.32 Å². The maximum atomic E-state index is 13.4. The molecule has 0 saturated heterocycles. The van der Waals surface area contributed by atoms with Crippen LogP contribution in [-0.4, -0.2) is 73.9 Å². The first-order valence-electron chi connectivity index (χ1n) is 13.5. The highest BCUT2D eigenvalue weighted by molar-refractivity contribution is 6.35. The quantitative estimate of drug-likeness (QED) is 0.238. The first-order chi connectivity index (χ1) is 20.1. The van der Waals surface area contributed by atoms with Crippen LogP contribution in [0.3, 0.4) is 0 Å². The van der Waals surface area contributed by atoms with Crippen molar-refractivity contribution in [3.05, 3.63) is 99.3 Å². The zero-order chi connectivity index (χ0) is 30.5. The number of carbonyl (C=O) groups excluding carboxylic acids is 3. The van der Waals surface area contributed by atoms with E-state index in [0.717, 1.165) is 16.7 Å². The Balaban J connectivity index is 1.64. The van der Waals surface area contributed by atoms with Crippen LogP contribution < -0.4 is 15.8 Å². The van der Waals surface area contributed by atoms with Gasteiger partial charge in [-0.2, -0.15) is 0 Å². The van der Waals surface area contributed by atoms with Gasteiger partial charge in [0.25, 0.3) is 0 Å². The van der Waals surface area contributed by atoms with E-state index in [4.69, 9.17) is 33.7 Å². The molecule has 3 N–H and O–H groups in total. The summed E-state index contributed by atoms with van der Waals surface area (Å²) in [4.78, 5) is 41.2. The van der Waals surface area contributed by atoms with Crippen molar-refractivity contribution in [2.75, 3.05) is 46.4 Å². The molecule has 3 aromatic carbocycles. The molecule has 0 aliphatic rings.